The van der Waals surface area contributed by atoms with E-state index < -0.39 is 5.97 Å². The van der Waals surface area contributed by atoms with Crippen LogP contribution in [-0.2, 0) is 11.2 Å². The number of ketones is 1. The highest BCUT2D eigenvalue weighted by molar-refractivity contribution is 6.07. The maximum absolute atomic E-state index is 12.3. The van der Waals surface area contributed by atoms with E-state index in [4.69, 9.17) is 4.74 Å². The topological polar surface area (TPSA) is 43.4 Å². The number of para-hydroxylation sites is 1. The number of allylic oxidation sites excluding steroid dienone is 1. The van der Waals surface area contributed by atoms with Gasteiger partial charge in [-0.2, -0.15) is 0 Å². The summed E-state index contributed by atoms with van der Waals surface area (Å²) in [5, 5.41) is 0. The Labute approximate surface area is 148 Å². The predicted octanol–water partition coefficient (Wildman–Crippen LogP) is 5.02. The molecule has 0 heterocycles. The van der Waals surface area contributed by atoms with Gasteiger partial charge in [0.05, 0.1) is 0 Å². The normalized spacial score (nSPS) is 10.6. The number of hydrogen-bond donors (Lipinski definition) is 0. The van der Waals surface area contributed by atoms with Crippen LogP contribution in [0.3, 0.4) is 0 Å². The second kappa shape index (κ2) is 9.38. The highest BCUT2D eigenvalue weighted by Crippen LogP contribution is 2.20. The van der Waals surface area contributed by atoms with Crippen molar-refractivity contribution in [3.63, 3.8) is 0 Å². The molecule has 0 aliphatic carbocycles. The number of aryl methyl sites for hydroxylation is 1. The first kappa shape index (κ1) is 18.4. The fraction of sp³-hybridized carbons (Fsp3) is 0.182. The number of carbonyl (C=O) groups is 2. The third kappa shape index (κ3) is 5.57. The molecule has 0 amide bonds. The summed E-state index contributed by atoms with van der Waals surface area (Å²) in [6, 6.07) is 14.7. The van der Waals surface area contributed by atoms with E-state index in [-0.39, 0.29) is 5.78 Å². The zero-order valence-electron chi connectivity index (χ0n) is 14.4. The van der Waals surface area contributed by atoms with Crippen LogP contribution in [0, 0.1) is 0 Å². The van der Waals surface area contributed by atoms with Gasteiger partial charge in [-0.05, 0) is 36.6 Å². The van der Waals surface area contributed by atoms with E-state index in [1.165, 1.54) is 11.6 Å². The maximum atomic E-state index is 12.3. The molecule has 0 aliphatic rings. The van der Waals surface area contributed by atoms with Crippen LogP contribution in [0.4, 0.5) is 0 Å². The van der Waals surface area contributed by atoms with Crippen LogP contribution in [0.1, 0.15) is 41.3 Å². The van der Waals surface area contributed by atoms with Gasteiger partial charge in [0.25, 0.3) is 0 Å². The molecule has 3 heteroatoms. The Bertz CT molecular complexity index is 770. The van der Waals surface area contributed by atoms with Crippen molar-refractivity contribution < 1.29 is 14.3 Å². The molecule has 128 valence electrons. The molecule has 0 bridgehead atoms. The van der Waals surface area contributed by atoms with Crippen molar-refractivity contribution in [1.82, 2.24) is 0 Å². The van der Waals surface area contributed by atoms with Crippen LogP contribution in [0.5, 0.6) is 5.75 Å². The average Bonchev–Trinajstić information content (AvgIpc) is 2.65. The predicted molar refractivity (Wildman–Crippen MR) is 101 cm³/mol. The molecule has 0 saturated heterocycles. The van der Waals surface area contributed by atoms with Crippen LogP contribution in [0.25, 0.3) is 6.08 Å². The highest BCUT2D eigenvalue weighted by Gasteiger charge is 2.06. The second-order valence-corrected chi connectivity index (χ2v) is 5.66. The Morgan fingerprint density at radius 1 is 1.08 bits per heavy atom. The quantitative estimate of drug-likeness (QED) is 0.295. The smallest absolute Gasteiger partial charge is 0.335 e. The van der Waals surface area contributed by atoms with Crippen molar-refractivity contribution in [1.29, 1.82) is 0 Å². The molecule has 0 radical (unpaired) electrons. The zero-order valence-corrected chi connectivity index (χ0v) is 14.4. The lowest BCUT2D eigenvalue weighted by Gasteiger charge is -2.05. The minimum atomic E-state index is -0.533. The lowest BCUT2D eigenvalue weighted by Crippen LogP contribution is -2.04. The van der Waals surface area contributed by atoms with Gasteiger partial charge >= 0.3 is 5.97 Å². The van der Waals surface area contributed by atoms with Gasteiger partial charge in [0.15, 0.2) is 5.78 Å². The maximum Gasteiger partial charge on any atom is 0.335 e. The Morgan fingerprint density at radius 2 is 1.80 bits per heavy atom. The van der Waals surface area contributed by atoms with Gasteiger partial charge in [-0.15, -0.1) is 0 Å². The molecule has 0 aliphatic heterocycles. The Kier molecular flexibility index (Phi) is 6.90. The number of unbranched alkanes of at least 4 members (excludes halogenated alkanes) is 1. The second-order valence-electron chi connectivity index (χ2n) is 5.66. The lowest BCUT2D eigenvalue weighted by atomic mass is 10.0. The standard InChI is InChI=1S/C22H22O3/c1-3-5-8-17-11-13-18(14-12-17)20(23)16-15-19-9-6-7-10-21(19)25-22(24)4-2/h4,6-7,9-16H,2-3,5,8H2,1H3. The van der Waals surface area contributed by atoms with Crippen molar-refractivity contribution in [3.05, 3.63) is 84.0 Å². The minimum Gasteiger partial charge on any atom is -0.423 e. The first-order valence-corrected chi connectivity index (χ1v) is 8.38. The van der Waals surface area contributed by atoms with Gasteiger partial charge in [0.2, 0.25) is 0 Å². The van der Waals surface area contributed by atoms with E-state index >= 15 is 0 Å². The molecule has 0 spiro atoms. The average molecular weight is 334 g/mol. The van der Waals surface area contributed by atoms with E-state index in [0.717, 1.165) is 25.3 Å². The summed E-state index contributed by atoms with van der Waals surface area (Å²) in [6.45, 7) is 5.54. The Balaban J connectivity index is 2.10. The number of hydrogen-bond acceptors (Lipinski definition) is 3. The number of benzene rings is 2. The largest absolute Gasteiger partial charge is 0.423 e. The van der Waals surface area contributed by atoms with Gasteiger partial charge in [0, 0.05) is 17.2 Å². The molecular formula is C22H22O3. The summed E-state index contributed by atoms with van der Waals surface area (Å²) < 4.78 is 5.17. The van der Waals surface area contributed by atoms with Gasteiger partial charge in [-0.25, -0.2) is 4.79 Å². The molecule has 3 nitrogen and oxygen atoms in total. The van der Waals surface area contributed by atoms with E-state index in [2.05, 4.69) is 13.5 Å². The fourth-order valence-electron chi connectivity index (χ4n) is 2.34. The monoisotopic (exact) mass is 334 g/mol. The summed E-state index contributed by atoms with van der Waals surface area (Å²) in [4.78, 5) is 23.7. The SMILES string of the molecule is C=CC(=O)Oc1ccccc1C=CC(=O)c1ccc(CCCC)cc1. The first-order chi connectivity index (χ1) is 12.1. The van der Waals surface area contributed by atoms with Crippen molar-refractivity contribution in [3.8, 4) is 5.75 Å². The highest BCUT2D eigenvalue weighted by atomic mass is 16.5. The van der Waals surface area contributed by atoms with Crippen LogP contribution < -0.4 is 4.74 Å². The summed E-state index contributed by atoms with van der Waals surface area (Å²) in [5.74, 6) is -0.229. The zero-order chi connectivity index (χ0) is 18.1. The Morgan fingerprint density at radius 3 is 2.48 bits per heavy atom. The van der Waals surface area contributed by atoms with Gasteiger partial charge in [-0.3, -0.25) is 4.79 Å². The van der Waals surface area contributed by atoms with E-state index in [1.807, 2.05) is 30.3 Å². The third-order valence-corrected chi connectivity index (χ3v) is 3.77. The number of esters is 1. The summed E-state index contributed by atoms with van der Waals surface area (Å²) >= 11 is 0. The van der Waals surface area contributed by atoms with Crippen molar-refractivity contribution in [2.24, 2.45) is 0 Å². The van der Waals surface area contributed by atoms with Crippen molar-refractivity contribution >= 4 is 17.8 Å². The van der Waals surface area contributed by atoms with Crippen LogP contribution >= 0.6 is 0 Å². The third-order valence-electron chi connectivity index (χ3n) is 3.77. The summed E-state index contributed by atoms with van der Waals surface area (Å²) in [5.41, 5.74) is 2.53. The van der Waals surface area contributed by atoms with E-state index in [1.54, 1.807) is 24.3 Å². The molecule has 0 fully saturated rings. The summed E-state index contributed by atoms with van der Waals surface area (Å²) in [6.07, 6.45) is 7.57. The van der Waals surface area contributed by atoms with E-state index in [9.17, 15) is 9.59 Å². The molecule has 2 rings (SSSR count). The van der Waals surface area contributed by atoms with Crippen LogP contribution in [0.2, 0.25) is 0 Å². The molecule has 2 aromatic rings. The van der Waals surface area contributed by atoms with Crippen molar-refractivity contribution in [2.75, 3.05) is 0 Å². The molecule has 0 unspecified atom stereocenters. The molecule has 0 N–H and O–H groups in total. The number of ether oxygens (including phenoxy) is 1. The molecule has 0 atom stereocenters. The molecule has 25 heavy (non-hydrogen) atoms. The Hall–Kier alpha value is -2.94. The van der Waals surface area contributed by atoms with Gasteiger partial charge in [0.1, 0.15) is 5.75 Å². The van der Waals surface area contributed by atoms with Gasteiger partial charge in [-0.1, -0.05) is 62.4 Å². The minimum absolute atomic E-state index is 0.0908. The molecule has 0 aromatic heterocycles. The number of rotatable bonds is 8. The van der Waals surface area contributed by atoms with Crippen LogP contribution in [-0.4, -0.2) is 11.8 Å². The summed E-state index contributed by atoms with van der Waals surface area (Å²) in [7, 11) is 0. The van der Waals surface area contributed by atoms with Crippen LogP contribution in [0.15, 0.2) is 67.3 Å². The lowest BCUT2D eigenvalue weighted by molar-refractivity contribution is -0.128. The molecule has 0 saturated carbocycles. The van der Waals surface area contributed by atoms with E-state index in [0.29, 0.717) is 16.9 Å². The molecule has 2 aromatic carbocycles. The fourth-order valence-corrected chi connectivity index (χ4v) is 2.34. The number of carbonyl (C=O) groups excluding carboxylic acids is 2. The van der Waals surface area contributed by atoms with Gasteiger partial charge < -0.3 is 4.74 Å². The first-order valence-electron chi connectivity index (χ1n) is 8.38. The molecular weight excluding hydrogens is 312 g/mol. The van der Waals surface area contributed by atoms with Crippen molar-refractivity contribution in [2.45, 2.75) is 26.2 Å².